The molecule has 2 amide bonds. The molecule has 9 nitrogen and oxygen atoms in total. The first-order valence-corrected chi connectivity index (χ1v) is 11.1. The van der Waals surface area contributed by atoms with Crippen LogP contribution in [-0.2, 0) is 6.18 Å². The van der Waals surface area contributed by atoms with Crippen molar-refractivity contribution in [1.82, 2.24) is 19.6 Å². The number of hydrogen-bond donors (Lipinski definition) is 2. The molecular formula is C22H13F5N6O3S. The molecule has 5 aromatic heterocycles. The van der Waals surface area contributed by atoms with Crippen LogP contribution in [-0.4, -0.2) is 31.4 Å². The van der Waals surface area contributed by atoms with E-state index in [4.69, 9.17) is 10.2 Å². The maximum atomic E-state index is 13.5. The molecule has 0 spiro atoms. The van der Waals surface area contributed by atoms with Crippen LogP contribution >= 0.6 is 11.3 Å². The second-order valence-electron chi connectivity index (χ2n) is 7.76. The van der Waals surface area contributed by atoms with Gasteiger partial charge in [-0.1, -0.05) is 0 Å². The number of hydrogen-bond acceptors (Lipinski definition) is 7. The number of amides is 2. The van der Waals surface area contributed by atoms with Crippen LogP contribution in [0.1, 0.15) is 43.7 Å². The molecular weight excluding hydrogens is 523 g/mol. The van der Waals surface area contributed by atoms with E-state index in [1.54, 1.807) is 0 Å². The number of nitrogens with two attached hydrogens (primary N) is 1. The molecule has 190 valence electrons. The Kier molecular flexibility index (Phi) is 5.66. The lowest BCUT2D eigenvalue weighted by atomic mass is 10.1. The lowest BCUT2D eigenvalue weighted by Crippen LogP contribution is -2.18. The van der Waals surface area contributed by atoms with Gasteiger partial charge in [-0.3, -0.25) is 9.59 Å². The third-order valence-corrected chi connectivity index (χ3v) is 6.33. The number of pyridine rings is 1. The summed E-state index contributed by atoms with van der Waals surface area (Å²) in [5, 5.41) is 6.26. The van der Waals surface area contributed by atoms with Crippen molar-refractivity contribution in [2.75, 3.05) is 5.32 Å². The number of aromatic nitrogens is 4. The molecule has 0 unspecified atom stereocenters. The molecule has 0 aliphatic carbocycles. The summed E-state index contributed by atoms with van der Waals surface area (Å²) in [6, 6.07) is 5.85. The van der Waals surface area contributed by atoms with Crippen LogP contribution < -0.4 is 11.1 Å². The van der Waals surface area contributed by atoms with E-state index in [2.05, 4.69) is 20.4 Å². The molecule has 5 heterocycles. The summed E-state index contributed by atoms with van der Waals surface area (Å²) >= 11 is 0.663. The molecule has 0 fully saturated rings. The zero-order valence-electron chi connectivity index (χ0n) is 18.4. The van der Waals surface area contributed by atoms with E-state index in [1.165, 1.54) is 25.3 Å². The molecule has 3 N–H and O–H groups in total. The van der Waals surface area contributed by atoms with Gasteiger partial charge in [-0.25, -0.2) is 23.3 Å². The predicted molar refractivity (Wildman–Crippen MR) is 121 cm³/mol. The number of fused-ring (bicyclic) bond motifs is 2. The van der Waals surface area contributed by atoms with Crippen molar-refractivity contribution in [3.63, 3.8) is 0 Å². The van der Waals surface area contributed by atoms with Gasteiger partial charge in [0.2, 0.25) is 0 Å². The summed E-state index contributed by atoms with van der Waals surface area (Å²) in [4.78, 5) is 32.9. The summed E-state index contributed by atoms with van der Waals surface area (Å²) in [7, 11) is 0. The fraction of sp³-hybridized carbons (Fsp3) is 0.136. The lowest BCUT2D eigenvalue weighted by Gasteiger charge is -2.09. The Morgan fingerprint density at radius 1 is 1.19 bits per heavy atom. The van der Waals surface area contributed by atoms with E-state index in [-0.39, 0.29) is 43.4 Å². The third kappa shape index (κ3) is 4.26. The van der Waals surface area contributed by atoms with Gasteiger partial charge in [0.1, 0.15) is 26.9 Å². The molecule has 0 aliphatic heterocycles. The van der Waals surface area contributed by atoms with Crippen LogP contribution in [0.2, 0.25) is 0 Å². The summed E-state index contributed by atoms with van der Waals surface area (Å²) in [5.74, 6) is -1.85. The number of anilines is 1. The maximum absolute atomic E-state index is 13.5. The number of thiophene rings is 1. The van der Waals surface area contributed by atoms with Gasteiger partial charge in [0.25, 0.3) is 18.2 Å². The first-order valence-electron chi connectivity index (χ1n) is 10.3. The van der Waals surface area contributed by atoms with E-state index in [0.717, 1.165) is 18.2 Å². The van der Waals surface area contributed by atoms with E-state index in [1.807, 2.05) is 0 Å². The average molecular weight is 536 g/mol. The predicted octanol–water partition coefficient (Wildman–Crippen LogP) is 5.22. The smallest absolute Gasteiger partial charge is 0.433 e. The number of halogens is 5. The second kappa shape index (κ2) is 8.62. The summed E-state index contributed by atoms with van der Waals surface area (Å²) in [6.07, 6.45) is -6.43. The number of alkyl halides is 5. The summed E-state index contributed by atoms with van der Waals surface area (Å²) in [5.41, 5.74) is 3.02. The standard InChI is InChI=1S/C22H13F5N6O3S/c1-8-5-13(22(25,26)27)33-14(29-8)7-11(32-33)20(35)31-16-15-9(12-3-2-4-36-12)6-10(18(23)24)30-21(15)37-17(16)19(28)34/h2-7,18H,1H3,(H2,28,34)(H,31,35). The molecule has 0 aromatic carbocycles. The van der Waals surface area contributed by atoms with Crippen LogP contribution in [0.25, 0.3) is 27.2 Å². The number of carbonyl (C=O) groups excluding carboxylic acids is 2. The third-order valence-electron chi connectivity index (χ3n) is 5.23. The van der Waals surface area contributed by atoms with Gasteiger partial charge in [-0.2, -0.15) is 18.3 Å². The highest BCUT2D eigenvalue weighted by Crippen LogP contribution is 2.42. The topological polar surface area (TPSA) is 128 Å². The second-order valence-corrected chi connectivity index (χ2v) is 8.76. The fourth-order valence-corrected chi connectivity index (χ4v) is 4.75. The minimum absolute atomic E-state index is 0.0417. The minimum Gasteiger partial charge on any atom is -0.464 e. The monoisotopic (exact) mass is 536 g/mol. The van der Waals surface area contributed by atoms with Crippen molar-refractivity contribution in [2.24, 2.45) is 5.73 Å². The number of aryl methyl sites for hydroxylation is 1. The van der Waals surface area contributed by atoms with Gasteiger partial charge < -0.3 is 15.5 Å². The Bertz CT molecular complexity index is 1690. The number of nitrogens with one attached hydrogen (secondary N) is 1. The van der Waals surface area contributed by atoms with Crippen molar-refractivity contribution < 1.29 is 36.0 Å². The number of carbonyl (C=O) groups is 2. The molecule has 0 saturated carbocycles. The Morgan fingerprint density at radius 3 is 2.57 bits per heavy atom. The molecule has 37 heavy (non-hydrogen) atoms. The van der Waals surface area contributed by atoms with Crippen molar-refractivity contribution in [2.45, 2.75) is 19.5 Å². The van der Waals surface area contributed by atoms with E-state index < -0.39 is 41.5 Å². The molecule has 0 aliphatic rings. The first kappa shape index (κ1) is 24.3. The molecule has 0 saturated heterocycles. The molecule has 0 bridgehead atoms. The highest BCUT2D eigenvalue weighted by molar-refractivity contribution is 7.21. The average Bonchev–Trinajstić information content (AvgIpc) is 3.55. The van der Waals surface area contributed by atoms with E-state index in [0.29, 0.717) is 15.9 Å². The van der Waals surface area contributed by atoms with Crippen LogP contribution in [0.3, 0.4) is 0 Å². The number of furan rings is 1. The zero-order chi connectivity index (χ0) is 26.6. The largest absolute Gasteiger partial charge is 0.464 e. The first-order chi connectivity index (χ1) is 17.4. The Morgan fingerprint density at radius 2 is 1.95 bits per heavy atom. The van der Waals surface area contributed by atoms with Gasteiger partial charge in [-0.05, 0) is 31.2 Å². The fourth-order valence-electron chi connectivity index (χ4n) is 3.74. The number of primary amides is 1. The van der Waals surface area contributed by atoms with Crippen LogP contribution in [0.4, 0.5) is 27.6 Å². The SMILES string of the molecule is Cc1cc(C(F)(F)F)n2nc(C(=O)Nc3c(C(N)=O)sc4nc(C(F)F)cc(-c5ccco5)c34)cc2n1. The Hall–Kier alpha value is -4.40. The normalized spacial score (nSPS) is 12.1. The summed E-state index contributed by atoms with van der Waals surface area (Å²) in [6.45, 7) is 1.36. The minimum atomic E-state index is -4.78. The molecule has 5 rings (SSSR count). The van der Waals surface area contributed by atoms with Crippen molar-refractivity contribution >= 4 is 44.7 Å². The van der Waals surface area contributed by atoms with Crippen LogP contribution in [0.5, 0.6) is 0 Å². The number of nitrogens with zero attached hydrogens (tertiary/aromatic N) is 4. The quantitative estimate of drug-likeness (QED) is 0.297. The van der Waals surface area contributed by atoms with Gasteiger partial charge in [0.05, 0.1) is 12.0 Å². The Balaban J connectivity index is 1.67. The molecule has 15 heteroatoms. The van der Waals surface area contributed by atoms with Crippen molar-refractivity contribution in [3.05, 3.63) is 64.2 Å². The van der Waals surface area contributed by atoms with Crippen molar-refractivity contribution in [3.8, 4) is 11.3 Å². The van der Waals surface area contributed by atoms with Gasteiger partial charge in [-0.15, -0.1) is 11.3 Å². The van der Waals surface area contributed by atoms with Gasteiger partial charge >= 0.3 is 6.18 Å². The maximum Gasteiger partial charge on any atom is 0.433 e. The molecule has 0 radical (unpaired) electrons. The van der Waals surface area contributed by atoms with Crippen LogP contribution in [0, 0.1) is 6.92 Å². The molecule has 5 aromatic rings. The van der Waals surface area contributed by atoms with E-state index in [9.17, 15) is 31.5 Å². The van der Waals surface area contributed by atoms with Gasteiger partial charge in [0.15, 0.2) is 11.3 Å². The summed E-state index contributed by atoms with van der Waals surface area (Å²) < 4.78 is 73.3. The Labute approximate surface area is 206 Å². The highest BCUT2D eigenvalue weighted by atomic mass is 32.1. The zero-order valence-corrected chi connectivity index (χ0v) is 19.2. The lowest BCUT2D eigenvalue weighted by molar-refractivity contribution is -0.142. The van der Waals surface area contributed by atoms with Crippen LogP contribution in [0.15, 0.2) is 41.0 Å². The van der Waals surface area contributed by atoms with Gasteiger partial charge in [0, 0.05) is 22.7 Å². The highest BCUT2D eigenvalue weighted by Gasteiger charge is 2.35. The van der Waals surface area contributed by atoms with Crippen molar-refractivity contribution in [1.29, 1.82) is 0 Å². The number of rotatable bonds is 5. The van der Waals surface area contributed by atoms with E-state index >= 15 is 0 Å². The molecule has 0 atom stereocenters.